The highest BCUT2D eigenvalue weighted by atomic mass is 16.4. The van der Waals surface area contributed by atoms with Gasteiger partial charge in [-0.1, -0.05) is 18.2 Å². The topological polar surface area (TPSA) is 88.2 Å². The quantitative estimate of drug-likeness (QED) is 0.340. The van der Waals surface area contributed by atoms with Crippen molar-refractivity contribution in [2.45, 2.75) is 53.5 Å². The monoisotopic (exact) mass is 456 g/mol. The van der Waals surface area contributed by atoms with Crippen LogP contribution in [-0.2, 0) is 17.6 Å². The Morgan fingerprint density at radius 3 is 2.62 bits per heavy atom. The first-order chi connectivity index (χ1) is 16.2. The molecule has 0 aliphatic rings. The second-order valence-electron chi connectivity index (χ2n) is 9.26. The predicted molar refractivity (Wildman–Crippen MR) is 135 cm³/mol. The molecule has 1 amide bonds. The zero-order chi connectivity index (χ0) is 24.1. The van der Waals surface area contributed by atoms with Gasteiger partial charge in [-0.3, -0.25) is 4.79 Å². The van der Waals surface area contributed by atoms with E-state index in [2.05, 4.69) is 16.4 Å². The number of benzene rings is 2. The molecule has 5 rings (SSSR count). The van der Waals surface area contributed by atoms with E-state index >= 15 is 0 Å². The molecule has 5 aromatic rings. The molecule has 0 aliphatic carbocycles. The van der Waals surface area contributed by atoms with Crippen molar-refractivity contribution in [3.05, 3.63) is 80.5 Å². The van der Waals surface area contributed by atoms with Gasteiger partial charge in [-0.25, -0.2) is 4.79 Å². The van der Waals surface area contributed by atoms with Gasteiger partial charge in [0.05, 0.1) is 17.4 Å². The first-order valence-corrected chi connectivity index (χ1v) is 11.5. The number of para-hydroxylation sites is 1. The summed E-state index contributed by atoms with van der Waals surface area (Å²) in [4.78, 5) is 29.0. The number of H-pyrrole nitrogens is 1. The molecule has 0 bridgehead atoms. The number of rotatable bonds is 5. The van der Waals surface area contributed by atoms with E-state index in [9.17, 15) is 9.59 Å². The zero-order valence-electron chi connectivity index (χ0n) is 20.1. The van der Waals surface area contributed by atoms with Crippen LogP contribution in [0.2, 0.25) is 0 Å². The lowest BCUT2D eigenvalue weighted by Gasteiger charge is -2.14. The molecule has 2 N–H and O–H groups in total. The number of hydrogen-bond donors (Lipinski definition) is 2. The second kappa shape index (κ2) is 8.20. The van der Waals surface area contributed by atoms with Crippen molar-refractivity contribution in [2.24, 2.45) is 0 Å². The maximum Gasteiger partial charge on any atom is 0.340 e. The number of aromatic nitrogens is 1. The van der Waals surface area contributed by atoms with Crippen LogP contribution in [0.25, 0.3) is 32.8 Å². The first-order valence-electron chi connectivity index (χ1n) is 11.5. The SMILES string of the molecule is Cc1oc2c(c(C)cc3oc(=O)c(CC(=O)NC(C)Cc4c[nH]c5ccccc45)c(C)c32)c1C. The van der Waals surface area contributed by atoms with E-state index in [1.54, 1.807) is 0 Å². The lowest BCUT2D eigenvalue weighted by Crippen LogP contribution is -2.36. The molecule has 3 heterocycles. The van der Waals surface area contributed by atoms with Crippen LogP contribution in [0, 0.1) is 27.7 Å². The van der Waals surface area contributed by atoms with Crippen molar-refractivity contribution < 1.29 is 13.6 Å². The molecule has 174 valence electrons. The average Bonchev–Trinajstić information content (AvgIpc) is 3.32. The highest BCUT2D eigenvalue weighted by molar-refractivity contribution is 6.07. The van der Waals surface area contributed by atoms with Gasteiger partial charge in [0.1, 0.15) is 16.9 Å². The maximum absolute atomic E-state index is 12.9. The third kappa shape index (κ3) is 3.59. The van der Waals surface area contributed by atoms with Crippen molar-refractivity contribution in [1.29, 1.82) is 0 Å². The number of furan rings is 1. The summed E-state index contributed by atoms with van der Waals surface area (Å²) in [6, 6.07) is 9.88. The summed E-state index contributed by atoms with van der Waals surface area (Å²) >= 11 is 0. The number of nitrogens with one attached hydrogen (secondary N) is 2. The fraction of sp³-hybridized carbons (Fsp3) is 0.286. The fourth-order valence-corrected chi connectivity index (χ4v) is 5.00. The number of carbonyl (C=O) groups excluding carboxylic acids is 1. The summed E-state index contributed by atoms with van der Waals surface area (Å²) in [5.74, 6) is 0.624. The van der Waals surface area contributed by atoms with Crippen LogP contribution in [0.4, 0.5) is 0 Å². The van der Waals surface area contributed by atoms with E-state index < -0.39 is 5.63 Å². The van der Waals surface area contributed by atoms with Crippen molar-refractivity contribution in [3.63, 3.8) is 0 Å². The molecule has 0 fully saturated rings. The summed E-state index contributed by atoms with van der Waals surface area (Å²) in [5, 5.41) is 5.98. The van der Waals surface area contributed by atoms with Crippen molar-refractivity contribution >= 4 is 38.7 Å². The molecule has 0 radical (unpaired) electrons. The highest BCUT2D eigenvalue weighted by Gasteiger charge is 2.21. The van der Waals surface area contributed by atoms with Crippen LogP contribution in [0.1, 0.15) is 40.5 Å². The van der Waals surface area contributed by atoms with Crippen LogP contribution in [0.15, 0.2) is 50.2 Å². The highest BCUT2D eigenvalue weighted by Crippen LogP contribution is 2.36. The standard InChI is InChI=1S/C28H28N2O4/c1-14-10-23-26(27-25(14)16(3)18(5)33-27)17(4)21(28(32)34-23)12-24(31)30-15(2)11-19-13-29-22-9-7-6-8-20(19)22/h6-10,13,15,29H,11-12H2,1-5H3,(H,30,31). The molecule has 6 heteroatoms. The molecule has 34 heavy (non-hydrogen) atoms. The Kier molecular flexibility index (Phi) is 5.31. The second-order valence-corrected chi connectivity index (χ2v) is 9.26. The molecule has 0 aliphatic heterocycles. The van der Waals surface area contributed by atoms with Gasteiger partial charge in [-0.15, -0.1) is 0 Å². The van der Waals surface area contributed by atoms with Gasteiger partial charge in [0.25, 0.3) is 0 Å². The van der Waals surface area contributed by atoms with Gasteiger partial charge in [-0.2, -0.15) is 0 Å². The Morgan fingerprint density at radius 2 is 1.82 bits per heavy atom. The minimum absolute atomic E-state index is 0.0453. The number of amides is 1. The van der Waals surface area contributed by atoms with Crippen LogP contribution >= 0.6 is 0 Å². The maximum atomic E-state index is 12.9. The molecular formula is C28H28N2O4. The number of aromatic amines is 1. The van der Waals surface area contributed by atoms with Gasteiger partial charge < -0.3 is 19.1 Å². The van der Waals surface area contributed by atoms with E-state index in [0.717, 1.165) is 49.7 Å². The van der Waals surface area contributed by atoms with E-state index in [0.29, 0.717) is 23.2 Å². The lowest BCUT2D eigenvalue weighted by atomic mass is 9.98. The number of aryl methyl sites for hydroxylation is 4. The summed E-state index contributed by atoms with van der Waals surface area (Å²) < 4.78 is 11.7. The molecule has 0 saturated carbocycles. The molecule has 6 nitrogen and oxygen atoms in total. The minimum atomic E-state index is -0.483. The van der Waals surface area contributed by atoms with E-state index in [4.69, 9.17) is 8.83 Å². The van der Waals surface area contributed by atoms with Gasteiger partial charge in [0, 0.05) is 28.5 Å². The lowest BCUT2D eigenvalue weighted by molar-refractivity contribution is -0.121. The van der Waals surface area contributed by atoms with Crippen LogP contribution in [0.5, 0.6) is 0 Å². The van der Waals surface area contributed by atoms with Crippen molar-refractivity contribution in [3.8, 4) is 0 Å². The van der Waals surface area contributed by atoms with E-state index in [1.807, 2.05) is 65.1 Å². The number of carbonyl (C=O) groups is 1. The molecule has 0 spiro atoms. The molecule has 1 unspecified atom stereocenters. The number of hydrogen-bond acceptors (Lipinski definition) is 4. The normalized spacial score (nSPS) is 12.6. The van der Waals surface area contributed by atoms with E-state index in [1.165, 1.54) is 0 Å². The molecule has 2 aromatic carbocycles. The van der Waals surface area contributed by atoms with Crippen LogP contribution < -0.4 is 10.9 Å². The van der Waals surface area contributed by atoms with Gasteiger partial charge >= 0.3 is 5.63 Å². The zero-order valence-corrected chi connectivity index (χ0v) is 20.1. The molecule has 0 saturated heterocycles. The first kappa shape index (κ1) is 22.0. The van der Waals surface area contributed by atoms with Crippen LogP contribution in [0.3, 0.4) is 0 Å². The Hall–Kier alpha value is -3.80. The van der Waals surface area contributed by atoms with Gasteiger partial charge in [0.15, 0.2) is 0 Å². The Labute approximate surface area is 196 Å². The summed E-state index contributed by atoms with van der Waals surface area (Å²) in [5.41, 5.74) is 6.09. The summed E-state index contributed by atoms with van der Waals surface area (Å²) in [7, 11) is 0. The largest absolute Gasteiger partial charge is 0.460 e. The van der Waals surface area contributed by atoms with Gasteiger partial charge in [-0.05, 0) is 75.4 Å². The third-order valence-corrected chi connectivity index (χ3v) is 6.82. The Bertz CT molecular complexity index is 1630. The van der Waals surface area contributed by atoms with Crippen molar-refractivity contribution in [2.75, 3.05) is 0 Å². The third-order valence-electron chi connectivity index (χ3n) is 6.82. The van der Waals surface area contributed by atoms with E-state index in [-0.39, 0.29) is 18.4 Å². The summed E-state index contributed by atoms with van der Waals surface area (Å²) in [6.45, 7) is 9.77. The minimum Gasteiger partial charge on any atom is -0.460 e. The number of fused-ring (bicyclic) bond motifs is 4. The smallest absolute Gasteiger partial charge is 0.340 e. The molecular weight excluding hydrogens is 428 g/mol. The predicted octanol–water partition coefficient (Wildman–Crippen LogP) is 5.54. The Balaban J connectivity index is 1.43. The fourth-order valence-electron chi connectivity index (χ4n) is 5.00. The van der Waals surface area contributed by atoms with Crippen LogP contribution in [-0.4, -0.2) is 16.9 Å². The average molecular weight is 457 g/mol. The van der Waals surface area contributed by atoms with Crippen molar-refractivity contribution in [1.82, 2.24) is 10.3 Å². The molecule has 3 aromatic heterocycles. The molecule has 1 atom stereocenters. The van der Waals surface area contributed by atoms with Gasteiger partial charge in [0.2, 0.25) is 5.91 Å². The Morgan fingerprint density at radius 1 is 1.06 bits per heavy atom. The summed E-state index contributed by atoms with van der Waals surface area (Å²) in [6.07, 6.45) is 2.62.